The third-order valence-electron chi connectivity index (χ3n) is 1.09. The smallest absolute Gasteiger partial charge is 0.333 e. The fraction of sp³-hybridized carbons (Fsp3) is 0.800. The standard InChI is InChI=1S/C5H12N2O5S/c1-2-6-13(11,12)7-3-4(8)5(9)10/h4,6-8H,2-3H2,1H3,(H,9,10)/t4-/m0/s1. The van der Waals surface area contributed by atoms with Gasteiger partial charge in [0.25, 0.3) is 10.2 Å². The van der Waals surface area contributed by atoms with Gasteiger partial charge in [-0.1, -0.05) is 6.92 Å². The Kier molecular flexibility index (Phi) is 4.85. The van der Waals surface area contributed by atoms with Crippen molar-refractivity contribution < 1.29 is 23.4 Å². The average Bonchev–Trinajstić information content (AvgIpc) is 2.00. The fourth-order valence-corrected chi connectivity index (χ4v) is 1.38. The van der Waals surface area contributed by atoms with Crippen LogP contribution in [-0.2, 0) is 15.0 Å². The van der Waals surface area contributed by atoms with Crippen LogP contribution in [-0.4, -0.2) is 43.8 Å². The predicted molar refractivity (Wildman–Crippen MR) is 44.2 cm³/mol. The van der Waals surface area contributed by atoms with E-state index in [1.54, 1.807) is 6.92 Å². The van der Waals surface area contributed by atoms with Crippen LogP contribution in [0.1, 0.15) is 6.92 Å². The van der Waals surface area contributed by atoms with E-state index >= 15 is 0 Å². The summed E-state index contributed by atoms with van der Waals surface area (Å²) < 4.78 is 25.6. The molecule has 0 rings (SSSR count). The normalized spacial score (nSPS) is 14.0. The van der Waals surface area contributed by atoms with Crippen LogP contribution in [0, 0.1) is 0 Å². The van der Waals surface area contributed by atoms with E-state index in [4.69, 9.17) is 10.2 Å². The van der Waals surface area contributed by atoms with Crippen LogP contribution in [0.25, 0.3) is 0 Å². The van der Waals surface area contributed by atoms with E-state index in [0.29, 0.717) is 0 Å². The molecule has 0 aliphatic carbocycles. The van der Waals surface area contributed by atoms with Crippen LogP contribution < -0.4 is 9.44 Å². The van der Waals surface area contributed by atoms with Gasteiger partial charge in [-0.3, -0.25) is 0 Å². The highest BCUT2D eigenvalue weighted by atomic mass is 32.2. The summed E-state index contributed by atoms with van der Waals surface area (Å²) in [5.41, 5.74) is 0. The molecule has 0 aliphatic heterocycles. The Morgan fingerprint density at radius 2 is 2.00 bits per heavy atom. The molecule has 78 valence electrons. The first-order chi connectivity index (χ1) is 5.89. The largest absolute Gasteiger partial charge is 0.479 e. The fourth-order valence-electron chi connectivity index (χ4n) is 0.517. The van der Waals surface area contributed by atoms with Crippen molar-refractivity contribution in [2.75, 3.05) is 13.1 Å². The first-order valence-corrected chi connectivity index (χ1v) is 5.02. The van der Waals surface area contributed by atoms with Crippen LogP contribution in [0.5, 0.6) is 0 Å². The molecular weight excluding hydrogens is 200 g/mol. The number of rotatable bonds is 6. The zero-order chi connectivity index (χ0) is 10.5. The van der Waals surface area contributed by atoms with Gasteiger partial charge in [0.15, 0.2) is 6.10 Å². The van der Waals surface area contributed by atoms with Gasteiger partial charge in [0.2, 0.25) is 0 Å². The summed E-state index contributed by atoms with van der Waals surface area (Å²) in [6, 6.07) is 0. The maximum absolute atomic E-state index is 10.8. The first-order valence-electron chi connectivity index (χ1n) is 3.54. The van der Waals surface area contributed by atoms with Crippen molar-refractivity contribution in [3.8, 4) is 0 Å². The summed E-state index contributed by atoms with van der Waals surface area (Å²) in [7, 11) is -3.68. The van der Waals surface area contributed by atoms with Gasteiger partial charge in [-0.05, 0) is 0 Å². The molecule has 0 amide bonds. The summed E-state index contributed by atoms with van der Waals surface area (Å²) in [5, 5.41) is 16.9. The molecular formula is C5H12N2O5S. The minimum absolute atomic E-state index is 0.193. The first kappa shape index (κ1) is 12.3. The number of hydrogen-bond donors (Lipinski definition) is 4. The molecule has 13 heavy (non-hydrogen) atoms. The van der Waals surface area contributed by atoms with Crippen molar-refractivity contribution in [2.45, 2.75) is 13.0 Å². The van der Waals surface area contributed by atoms with Gasteiger partial charge in [-0.25, -0.2) is 9.52 Å². The lowest BCUT2D eigenvalue weighted by molar-refractivity contribution is -0.146. The van der Waals surface area contributed by atoms with Gasteiger partial charge in [-0.2, -0.15) is 13.1 Å². The summed E-state index contributed by atoms with van der Waals surface area (Å²) in [5.74, 6) is -1.47. The van der Waals surface area contributed by atoms with Gasteiger partial charge in [-0.15, -0.1) is 0 Å². The zero-order valence-corrected chi connectivity index (χ0v) is 7.84. The van der Waals surface area contributed by atoms with Crippen molar-refractivity contribution >= 4 is 16.2 Å². The van der Waals surface area contributed by atoms with E-state index in [-0.39, 0.29) is 6.54 Å². The molecule has 0 aromatic carbocycles. The molecule has 0 radical (unpaired) electrons. The lowest BCUT2D eigenvalue weighted by Crippen LogP contribution is -2.42. The van der Waals surface area contributed by atoms with Crippen molar-refractivity contribution in [2.24, 2.45) is 0 Å². The van der Waals surface area contributed by atoms with E-state index in [1.807, 2.05) is 4.72 Å². The third kappa shape index (κ3) is 5.53. The van der Waals surface area contributed by atoms with Crippen LogP contribution in [0.4, 0.5) is 0 Å². The number of hydrogen-bond acceptors (Lipinski definition) is 4. The second-order valence-corrected chi connectivity index (χ2v) is 3.79. The summed E-state index contributed by atoms with van der Waals surface area (Å²) in [6.07, 6.45) is -1.73. The molecule has 0 aliphatic rings. The summed E-state index contributed by atoms with van der Waals surface area (Å²) in [6.45, 7) is 1.22. The summed E-state index contributed by atoms with van der Waals surface area (Å²) in [4.78, 5) is 10.1. The van der Waals surface area contributed by atoms with Crippen molar-refractivity contribution in [1.82, 2.24) is 9.44 Å². The van der Waals surface area contributed by atoms with E-state index < -0.39 is 28.8 Å². The molecule has 8 heteroatoms. The van der Waals surface area contributed by atoms with E-state index in [1.165, 1.54) is 0 Å². The molecule has 0 bridgehead atoms. The molecule has 0 fully saturated rings. The number of carbonyl (C=O) groups is 1. The quantitative estimate of drug-likeness (QED) is 0.401. The van der Waals surface area contributed by atoms with E-state index in [2.05, 4.69) is 4.72 Å². The molecule has 0 aromatic rings. The van der Waals surface area contributed by atoms with Crippen LogP contribution in [0.3, 0.4) is 0 Å². The highest BCUT2D eigenvalue weighted by Crippen LogP contribution is 1.82. The topological polar surface area (TPSA) is 116 Å². The number of nitrogens with one attached hydrogen (secondary N) is 2. The second kappa shape index (κ2) is 5.12. The number of carboxylic acids is 1. The Morgan fingerprint density at radius 1 is 1.46 bits per heavy atom. The van der Waals surface area contributed by atoms with Crippen molar-refractivity contribution in [3.05, 3.63) is 0 Å². The van der Waals surface area contributed by atoms with Crippen molar-refractivity contribution in [3.63, 3.8) is 0 Å². The Balaban J connectivity index is 3.95. The lowest BCUT2D eigenvalue weighted by atomic mass is 10.4. The molecule has 1 atom stereocenters. The SMILES string of the molecule is CCNS(=O)(=O)NC[C@H](O)C(=O)O. The van der Waals surface area contributed by atoms with Crippen LogP contribution >= 0.6 is 0 Å². The Hall–Kier alpha value is -0.700. The number of aliphatic hydroxyl groups is 1. The Bertz CT molecular complexity index is 262. The molecule has 0 saturated heterocycles. The number of aliphatic hydroxyl groups excluding tert-OH is 1. The number of aliphatic carboxylic acids is 1. The molecule has 0 unspecified atom stereocenters. The Morgan fingerprint density at radius 3 is 2.38 bits per heavy atom. The Labute approximate surface area is 75.9 Å². The van der Waals surface area contributed by atoms with Crippen LogP contribution in [0.15, 0.2) is 0 Å². The van der Waals surface area contributed by atoms with Crippen molar-refractivity contribution in [1.29, 1.82) is 0 Å². The van der Waals surface area contributed by atoms with Gasteiger partial charge >= 0.3 is 5.97 Å². The average molecular weight is 212 g/mol. The molecule has 0 saturated carbocycles. The van der Waals surface area contributed by atoms with E-state index in [9.17, 15) is 13.2 Å². The minimum atomic E-state index is -3.68. The maximum Gasteiger partial charge on any atom is 0.333 e. The molecule has 7 nitrogen and oxygen atoms in total. The van der Waals surface area contributed by atoms with Gasteiger partial charge in [0.1, 0.15) is 0 Å². The minimum Gasteiger partial charge on any atom is -0.479 e. The van der Waals surface area contributed by atoms with Gasteiger partial charge in [0, 0.05) is 13.1 Å². The third-order valence-corrected chi connectivity index (χ3v) is 2.30. The molecule has 0 aromatic heterocycles. The zero-order valence-electron chi connectivity index (χ0n) is 7.02. The highest BCUT2D eigenvalue weighted by Gasteiger charge is 2.16. The maximum atomic E-state index is 10.8. The van der Waals surface area contributed by atoms with Gasteiger partial charge < -0.3 is 10.2 Å². The molecule has 4 N–H and O–H groups in total. The van der Waals surface area contributed by atoms with Crippen LogP contribution in [0.2, 0.25) is 0 Å². The van der Waals surface area contributed by atoms with E-state index in [0.717, 1.165) is 0 Å². The number of carboxylic acid groups (broad SMARTS) is 1. The van der Waals surface area contributed by atoms with Gasteiger partial charge in [0.05, 0.1) is 0 Å². The second-order valence-electron chi connectivity index (χ2n) is 2.20. The highest BCUT2D eigenvalue weighted by molar-refractivity contribution is 7.87. The lowest BCUT2D eigenvalue weighted by Gasteiger charge is -2.08. The molecule has 0 spiro atoms. The predicted octanol–water partition coefficient (Wildman–Crippen LogP) is -2.12. The molecule has 0 heterocycles. The monoisotopic (exact) mass is 212 g/mol. The summed E-state index contributed by atoms with van der Waals surface area (Å²) >= 11 is 0.